The molecule has 2 aromatic rings. The van der Waals surface area contributed by atoms with Crippen LogP contribution in [0.3, 0.4) is 0 Å². The highest BCUT2D eigenvalue weighted by Gasteiger charge is 2.19. The van der Waals surface area contributed by atoms with Crippen molar-refractivity contribution in [3.8, 4) is 0 Å². The van der Waals surface area contributed by atoms with Crippen LogP contribution in [0.2, 0.25) is 0 Å². The van der Waals surface area contributed by atoms with Crippen molar-refractivity contribution in [2.45, 2.75) is 17.9 Å². The van der Waals surface area contributed by atoms with E-state index in [0.717, 1.165) is 36.4 Å². The Balaban J connectivity index is 2.23. The highest BCUT2D eigenvalue weighted by molar-refractivity contribution is 7.89. The van der Waals surface area contributed by atoms with Gasteiger partial charge in [-0.25, -0.2) is 26.3 Å². The molecule has 0 saturated heterocycles. The van der Waals surface area contributed by atoms with Crippen molar-refractivity contribution in [3.63, 3.8) is 0 Å². The number of benzene rings is 2. The topological polar surface area (TPSA) is 46.2 Å². The Hall–Kier alpha value is -1.86. The quantitative estimate of drug-likeness (QED) is 0.942. The number of hydrogen-bond donors (Lipinski definition) is 1. The molecule has 3 nitrogen and oxygen atoms in total. The molecule has 1 unspecified atom stereocenters. The molecule has 21 heavy (non-hydrogen) atoms. The maximum absolute atomic E-state index is 13.1. The Morgan fingerprint density at radius 1 is 0.952 bits per heavy atom. The van der Waals surface area contributed by atoms with Crippen LogP contribution in [0.25, 0.3) is 0 Å². The van der Waals surface area contributed by atoms with Crippen molar-refractivity contribution in [3.05, 3.63) is 65.5 Å². The molecule has 112 valence electrons. The third-order valence-electron chi connectivity index (χ3n) is 2.90. The van der Waals surface area contributed by atoms with Crippen LogP contribution < -0.4 is 4.72 Å². The minimum atomic E-state index is -3.88. The van der Waals surface area contributed by atoms with E-state index >= 15 is 0 Å². The second kappa shape index (κ2) is 5.87. The van der Waals surface area contributed by atoms with Gasteiger partial charge in [-0.2, -0.15) is 0 Å². The third-order valence-corrected chi connectivity index (χ3v) is 4.46. The lowest BCUT2D eigenvalue weighted by Gasteiger charge is -2.15. The van der Waals surface area contributed by atoms with Crippen molar-refractivity contribution in [2.24, 2.45) is 0 Å². The molecule has 0 bridgehead atoms. The molecular formula is C14H12F3NO2S. The largest absolute Gasteiger partial charge is 0.241 e. The average Bonchev–Trinajstić information content (AvgIpc) is 2.41. The summed E-state index contributed by atoms with van der Waals surface area (Å²) in [5.41, 5.74) is 0.277. The van der Waals surface area contributed by atoms with Crippen molar-refractivity contribution in [1.29, 1.82) is 0 Å². The Labute approximate surface area is 120 Å². The Morgan fingerprint density at radius 2 is 1.57 bits per heavy atom. The highest BCUT2D eigenvalue weighted by atomic mass is 32.2. The fraction of sp³-hybridized carbons (Fsp3) is 0.143. The maximum Gasteiger partial charge on any atom is 0.241 e. The lowest BCUT2D eigenvalue weighted by Crippen LogP contribution is -2.27. The summed E-state index contributed by atoms with van der Waals surface area (Å²) in [6, 6.07) is 6.66. The van der Waals surface area contributed by atoms with Crippen molar-refractivity contribution in [2.75, 3.05) is 0 Å². The molecule has 0 heterocycles. The first kappa shape index (κ1) is 15.5. The van der Waals surface area contributed by atoms with E-state index in [0.29, 0.717) is 0 Å². The maximum atomic E-state index is 13.1. The van der Waals surface area contributed by atoms with Gasteiger partial charge in [0.15, 0.2) is 11.6 Å². The van der Waals surface area contributed by atoms with Crippen LogP contribution in [0, 0.1) is 17.5 Å². The molecule has 7 heteroatoms. The van der Waals surface area contributed by atoms with Crippen molar-refractivity contribution in [1.82, 2.24) is 4.72 Å². The van der Waals surface area contributed by atoms with E-state index < -0.39 is 33.5 Å². The van der Waals surface area contributed by atoms with Gasteiger partial charge in [-0.05, 0) is 48.9 Å². The number of sulfonamides is 1. The van der Waals surface area contributed by atoms with Gasteiger partial charge in [-0.15, -0.1) is 0 Å². The molecule has 0 amide bonds. The van der Waals surface area contributed by atoms with E-state index in [1.54, 1.807) is 0 Å². The highest BCUT2D eigenvalue weighted by Crippen LogP contribution is 2.19. The fourth-order valence-electron chi connectivity index (χ4n) is 1.76. The molecule has 2 rings (SSSR count). The average molecular weight is 315 g/mol. The smallest absolute Gasteiger partial charge is 0.207 e. The number of rotatable bonds is 4. The summed E-state index contributed by atoms with van der Waals surface area (Å²) in [6.45, 7) is 1.49. The molecule has 0 aliphatic heterocycles. The van der Waals surface area contributed by atoms with Gasteiger partial charge in [0.05, 0.1) is 4.90 Å². The van der Waals surface area contributed by atoms with Crippen LogP contribution in [0.5, 0.6) is 0 Å². The first-order chi connectivity index (χ1) is 9.79. The molecule has 0 aliphatic rings. The summed E-state index contributed by atoms with van der Waals surface area (Å²) in [7, 11) is -3.88. The monoisotopic (exact) mass is 315 g/mol. The molecular weight excluding hydrogens is 303 g/mol. The zero-order chi connectivity index (χ0) is 15.6. The fourth-order valence-corrected chi connectivity index (χ4v) is 3.00. The van der Waals surface area contributed by atoms with Gasteiger partial charge in [0.2, 0.25) is 10.0 Å². The van der Waals surface area contributed by atoms with Gasteiger partial charge < -0.3 is 0 Å². The molecule has 0 fully saturated rings. The Morgan fingerprint density at radius 3 is 2.14 bits per heavy atom. The predicted molar refractivity (Wildman–Crippen MR) is 71.5 cm³/mol. The van der Waals surface area contributed by atoms with Crippen LogP contribution in [-0.2, 0) is 10.0 Å². The Bertz CT molecular complexity index is 745. The zero-order valence-corrected chi connectivity index (χ0v) is 11.8. The lowest BCUT2D eigenvalue weighted by molar-refractivity contribution is 0.504. The summed E-state index contributed by atoms with van der Waals surface area (Å²) in [4.78, 5) is -0.113. The van der Waals surface area contributed by atoms with Crippen molar-refractivity contribution >= 4 is 10.0 Å². The summed E-state index contributed by atoms with van der Waals surface area (Å²) >= 11 is 0. The van der Waals surface area contributed by atoms with Gasteiger partial charge in [-0.3, -0.25) is 0 Å². The van der Waals surface area contributed by atoms with E-state index in [1.807, 2.05) is 0 Å². The van der Waals surface area contributed by atoms with Gasteiger partial charge >= 0.3 is 0 Å². The van der Waals surface area contributed by atoms with Crippen LogP contribution in [-0.4, -0.2) is 8.42 Å². The van der Waals surface area contributed by atoms with E-state index in [4.69, 9.17) is 0 Å². The molecule has 1 N–H and O–H groups in total. The van der Waals surface area contributed by atoms with E-state index in [1.165, 1.54) is 13.0 Å². The minimum absolute atomic E-state index is 0.113. The van der Waals surface area contributed by atoms with Crippen molar-refractivity contribution < 1.29 is 21.6 Å². The second-order valence-electron chi connectivity index (χ2n) is 4.47. The number of hydrogen-bond acceptors (Lipinski definition) is 2. The first-order valence-corrected chi connectivity index (χ1v) is 7.51. The molecule has 0 saturated carbocycles. The zero-order valence-electron chi connectivity index (χ0n) is 11.0. The second-order valence-corrected chi connectivity index (χ2v) is 6.18. The molecule has 0 radical (unpaired) electrons. The first-order valence-electron chi connectivity index (χ1n) is 6.02. The molecule has 0 aromatic heterocycles. The Kier molecular flexibility index (Phi) is 4.34. The van der Waals surface area contributed by atoms with Crippen LogP contribution in [0.4, 0.5) is 13.2 Å². The predicted octanol–water partition coefficient (Wildman–Crippen LogP) is 3.14. The minimum Gasteiger partial charge on any atom is -0.207 e. The van der Waals surface area contributed by atoms with E-state index in [9.17, 15) is 21.6 Å². The van der Waals surface area contributed by atoms with Crippen LogP contribution in [0.15, 0.2) is 47.4 Å². The van der Waals surface area contributed by atoms with Crippen LogP contribution in [0.1, 0.15) is 18.5 Å². The number of nitrogens with one attached hydrogen (secondary N) is 1. The standard InChI is InChI=1S/C14H12F3NO2S/c1-9(10-2-7-13(16)14(17)8-10)18-21(19,20)12-5-3-11(15)4-6-12/h2-9,18H,1H3. The van der Waals surface area contributed by atoms with E-state index in [-0.39, 0.29) is 10.5 Å². The molecule has 1 atom stereocenters. The van der Waals surface area contributed by atoms with Gasteiger partial charge in [0, 0.05) is 6.04 Å². The summed E-state index contributed by atoms with van der Waals surface area (Å²) < 4.78 is 65.3. The number of halogens is 3. The normalized spacial score (nSPS) is 13.1. The SMILES string of the molecule is CC(NS(=O)(=O)c1ccc(F)cc1)c1ccc(F)c(F)c1. The van der Waals surface area contributed by atoms with Gasteiger partial charge in [0.25, 0.3) is 0 Å². The summed E-state index contributed by atoms with van der Waals surface area (Å²) in [5, 5.41) is 0. The third kappa shape index (κ3) is 3.62. The van der Waals surface area contributed by atoms with Crippen LogP contribution >= 0.6 is 0 Å². The molecule has 0 spiro atoms. The lowest BCUT2D eigenvalue weighted by atomic mass is 10.1. The summed E-state index contributed by atoms with van der Waals surface area (Å²) in [5.74, 6) is -2.62. The molecule has 2 aromatic carbocycles. The molecule has 0 aliphatic carbocycles. The van der Waals surface area contributed by atoms with Gasteiger partial charge in [0.1, 0.15) is 5.82 Å². The summed E-state index contributed by atoms with van der Waals surface area (Å²) in [6.07, 6.45) is 0. The van der Waals surface area contributed by atoms with E-state index in [2.05, 4.69) is 4.72 Å². The van der Waals surface area contributed by atoms with Gasteiger partial charge in [-0.1, -0.05) is 6.07 Å².